The Balaban J connectivity index is 0.000000202. The van der Waals surface area contributed by atoms with Gasteiger partial charge in [0.25, 0.3) is 0 Å². The smallest absolute Gasteiger partial charge is 0.663 e. The fourth-order valence-electron chi connectivity index (χ4n) is 13.4. The first-order chi connectivity index (χ1) is 29.6. The molecule has 5 heterocycles. The van der Waals surface area contributed by atoms with Crippen molar-refractivity contribution < 1.29 is 36.0 Å². The molecule has 341 valence electrons. The molecule has 13 heteroatoms. The van der Waals surface area contributed by atoms with E-state index in [4.69, 9.17) is 18.9 Å². The molecule has 9 fully saturated rings. The molecule has 9 aliphatic rings. The van der Waals surface area contributed by atoms with Gasteiger partial charge in [-0.05, 0) is 123 Å². The zero-order chi connectivity index (χ0) is 41.0. The van der Waals surface area contributed by atoms with Crippen LogP contribution in [0.5, 0.6) is 23.0 Å². The van der Waals surface area contributed by atoms with Crippen LogP contribution in [0.25, 0.3) is 0 Å². The van der Waals surface area contributed by atoms with Crippen LogP contribution < -0.4 is 61.5 Å². The number of hydrogen-bond acceptors (Lipinski definition) is 12. The Bertz CT molecular complexity index is 1380. The minimum atomic E-state index is 0. The number of methoxy groups -OCH3 is 2. The fraction of sp³-hybridized carbons (Fsp3) is 0.708. The van der Waals surface area contributed by atoms with Crippen LogP contribution in [0.2, 0.25) is 0 Å². The van der Waals surface area contributed by atoms with E-state index < -0.39 is 0 Å². The van der Waals surface area contributed by atoms with Gasteiger partial charge >= 0.3 is 17.1 Å². The van der Waals surface area contributed by atoms with Crippen LogP contribution in [0.4, 0.5) is 0 Å². The summed E-state index contributed by atoms with van der Waals surface area (Å²) in [4.78, 5) is 0. The quantitative estimate of drug-likeness (QED) is 0.129. The van der Waals surface area contributed by atoms with Crippen molar-refractivity contribution in [2.75, 3.05) is 14.2 Å². The number of rotatable bonds is 4. The van der Waals surface area contributed by atoms with Gasteiger partial charge in [0, 0.05) is 0 Å². The predicted molar refractivity (Wildman–Crippen MR) is 235 cm³/mol. The Hall–Kier alpha value is -2.16. The molecule has 8 bridgehead atoms. The van der Waals surface area contributed by atoms with Crippen molar-refractivity contribution in [2.45, 2.75) is 152 Å². The second kappa shape index (κ2) is 21.2. The Morgan fingerprint density at radius 3 is 0.672 bits per heavy atom. The SMILES string of the molecule is C1CCC2C3NC(NC4NC(NC5NC(NC6NC(N3)C3CCCCC63)C3CCCCC53)C3CCCCC43)C2C1.[CH2-]Oc1ccccc1OC.[CH2-]Oc1ccccc1OC.[Cu+2]. The van der Waals surface area contributed by atoms with E-state index in [0.717, 1.165) is 47.3 Å². The molecule has 61 heavy (non-hydrogen) atoms. The summed E-state index contributed by atoms with van der Waals surface area (Å²) in [7, 11) is 9.76. The third kappa shape index (κ3) is 9.77. The third-order valence-electron chi connectivity index (χ3n) is 16.2. The molecule has 5 saturated heterocycles. The molecule has 11 rings (SSSR count). The van der Waals surface area contributed by atoms with Gasteiger partial charge in [0.05, 0.1) is 63.5 Å². The molecule has 8 N–H and O–H groups in total. The maximum Gasteiger partial charge on any atom is 2.00 e. The zero-order valence-corrected chi connectivity index (χ0v) is 37.5. The van der Waals surface area contributed by atoms with E-state index in [1.807, 2.05) is 36.4 Å². The van der Waals surface area contributed by atoms with Crippen molar-refractivity contribution in [2.24, 2.45) is 47.3 Å². The van der Waals surface area contributed by atoms with E-state index in [9.17, 15) is 0 Å². The molecule has 4 saturated carbocycles. The Morgan fingerprint density at radius 2 is 0.525 bits per heavy atom. The van der Waals surface area contributed by atoms with Gasteiger partial charge in [-0.15, -0.1) is 0 Å². The number of para-hydroxylation sites is 4. The van der Waals surface area contributed by atoms with E-state index in [1.54, 1.807) is 26.4 Å². The largest absolute Gasteiger partial charge is 2.00 e. The van der Waals surface area contributed by atoms with E-state index >= 15 is 0 Å². The summed E-state index contributed by atoms with van der Waals surface area (Å²) in [6.45, 7) is 0. The second-order valence-corrected chi connectivity index (χ2v) is 19.2. The van der Waals surface area contributed by atoms with Crippen LogP contribution in [-0.2, 0) is 17.1 Å². The average Bonchev–Trinajstić information content (AvgIpc) is 4.05. The maximum atomic E-state index is 4.97. The van der Waals surface area contributed by atoms with Crippen molar-refractivity contribution in [3.05, 3.63) is 62.8 Å². The van der Waals surface area contributed by atoms with Gasteiger partial charge in [-0.2, -0.15) is 14.2 Å². The zero-order valence-electron chi connectivity index (χ0n) is 36.5. The Labute approximate surface area is 376 Å². The standard InChI is InChI=1S/C32H56N8.2C8H9O2.Cu/c1-2-10-18-17(9-1)25-33-26(18)38-28-21-13-5-6-14-22(21)30(35-28)40-32-24-16-8-7-15-23(24)31(36-32)39-29-20-12-4-3-11-19(20)27(34-29)37-25;2*1-9-7-5-3-4-6-8(7)10-2;/h17-40H,1-16H2;2*3-6H,1H2,2H3;/q;2*-1;+2. The van der Waals surface area contributed by atoms with E-state index in [0.29, 0.717) is 72.3 Å². The van der Waals surface area contributed by atoms with Crippen LogP contribution in [0.15, 0.2) is 48.5 Å². The second-order valence-electron chi connectivity index (χ2n) is 19.2. The molecular formula is C48H74CuN8O4. The van der Waals surface area contributed by atoms with Gasteiger partial charge in [0.1, 0.15) is 11.5 Å². The topological polar surface area (TPSA) is 133 Å². The molecule has 5 aliphatic heterocycles. The summed E-state index contributed by atoms with van der Waals surface area (Å²) in [6.07, 6.45) is 25.6. The molecule has 8 atom stereocenters. The van der Waals surface area contributed by atoms with Crippen LogP contribution in [0, 0.1) is 61.6 Å². The molecule has 8 unspecified atom stereocenters. The van der Waals surface area contributed by atoms with Crippen LogP contribution >= 0.6 is 0 Å². The monoisotopic (exact) mass is 890 g/mol. The predicted octanol–water partition coefficient (Wildman–Crippen LogP) is 6.33. The molecule has 0 aromatic heterocycles. The van der Waals surface area contributed by atoms with E-state index in [-0.39, 0.29) is 17.1 Å². The summed E-state index contributed by atoms with van der Waals surface area (Å²) in [5.74, 6) is 8.70. The summed E-state index contributed by atoms with van der Waals surface area (Å²) >= 11 is 0. The van der Waals surface area contributed by atoms with Gasteiger partial charge < -0.3 is 18.9 Å². The average molecular weight is 891 g/mol. The van der Waals surface area contributed by atoms with Crippen LogP contribution in [-0.4, -0.2) is 63.5 Å². The molecular weight excluding hydrogens is 816 g/mol. The molecule has 2 aromatic carbocycles. The molecule has 0 spiro atoms. The number of ether oxygens (including phenoxy) is 4. The summed E-state index contributed by atoms with van der Waals surface area (Å²) in [5.41, 5.74) is 0. The van der Waals surface area contributed by atoms with Gasteiger partial charge in [-0.25, -0.2) is 0 Å². The van der Waals surface area contributed by atoms with Crippen LogP contribution in [0.3, 0.4) is 0 Å². The van der Waals surface area contributed by atoms with Gasteiger partial charge in [-0.1, -0.05) is 75.6 Å². The molecule has 12 nitrogen and oxygen atoms in total. The molecule has 2 aromatic rings. The summed E-state index contributed by atoms with van der Waals surface area (Å²) in [6, 6.07) is 14.7. The first kappa shape index (κ1) is 45.4. The minimum Gasteiger partial charge on any atom is -0.663 e. The number of hydrogen-bond donors (Lipinski definition) is 8. The van der Waals surface area contributed by atoms with Crippen molar-refractivity contribution in [1.29, 1.82) is 0 Å². The summed E-state index contributed by atoms with van der Waals surface area (Å²) < 4.78 is 19.5. The Kier molecular flexibility index (Phi) is 15.8. The van der Waals surface area contributed by atoms with Crippen molar-refractivity contribution in [3.63, 3.8) is 0 Å². The van der Waals surface area contributed by atoms with Gasteiger partial charge in [-0.3, -0.25) is 42.5 Å². The molecule has 4 aliphatic carbocycles. The fourth-order valence-corrected chi connectivity index (χ4v) is 13.4. The van der Waals surface area contributed by atoms with E-state index in [2.05, 4.69) is 56.8 Å². The van der Waals surface area contributed by atoms with Crippen LogP contribution in [0.1, 0.15) is 103 Å². The Morgan fingerprint density at radius 1 is 0.344 bits per heavy atom. The number of fused-ring (bicyclic) bond motifs is 20. The number of nitrogens with one attached hydrogen (secondary N) is 8. The number of benzene rings is 2. The third-order valence-corrected chi connectivity index (χ3v) is 16.2. The van der Waals surface area contributed by atoms with Gasteiger partial charge in [0.2, 0.25) is 0 Å². The maximum absolute atomic E-state index is 4.97. The van der Waals surface area contributed by atoms with Gasteiger partial charge in [0.15, 0.2) is 11.5 Å². The first-order valence-corrected chi connectivity index (χ1v) is 23.7. The minimum absolute atomic E-state index is 0. The summed E-state index contributed by atoms with van der Waals surface area (Å²) in [5, 5.41) is 33.8. The van der Waals surface area contributed by atoms with Crippen molar-refractivity contribution >= 4 is 0 Å². The first-order valence-electron chi connectivity index (χ1n) is 23.7. The molecule has 1 radical (unpaired) electrons. The van der Waals surface area contributed by atoms with Crippen molar-refractivity contribution in [1.82, 2.24) is 42.5 Å². The molecule has 0 amide bonds. The van der Waals surface area contributed by atoms with Crippen molar-refractivity contribution in [3.8, 4) is 23.0 Å². The normalized spacial score (nSPS) is 40.7. The van der Waals surface area contributed by atoms with E-state index in [1.165, 1.54) is 103 Å².